The molecule has 21 heavy (non-hydrogen) atoms. The molecule has 1 unspecified atom stereocenters. The van der Waals surface area contributed by atoms with Crippen molar-refractivity contribution in [3.8, 4) is 5.82 Å². The molecule has 112 valence electrons. The van der Waals surface area contributed by atoms with Crippen molar-refractivity contribution < 1.29 is 9.90 Å². The first-order chi connectivity index (χ1) is 9.94. The number of carbonyl (C=O) groups is 1. The highest BCUT2D eigenvalue weighted by Gasteiger charge is 2.29. The smallest absolute Gasteiger partial charge is 0.257 e. The first kappa shape index (κ1) is 15.5. The van der Waals surface area contributed by atoms with Crippen molar-refractivity contribution in [1.29, 1.82) is 0 Å². The normalized spacial score (nSPS) is 13.7. The monoisotopic (exact) mass is 308 g/mol. The Balaban J connectivity index is 2.14. The largest absolute Gasteiger partial charge is 0.380 e. The number of pyridine rings is 1. The van der Waals surface area contributed by atoms with Crippen LogP contribution in [0.2, 0.25) is 5.02 Å². The van der Waals surface area contributed by atoms with E-state index >= 15 is 0 Å². The fourth-order valence-corrected chi connectivity index (χ4v) is 2.11. The molecule has 0 radical (unpaired) electrons. The van der Waals surface area contributed by atoms with Crippen LogP contribution in [0.5, 0.6) is 0 Å². The number of carbonyl (C=O) groups excluding carboxylic acids is 1. The zero-order valence-electron chi connectivity index (χ0n) is 11.9. The van der Waals surface area contributed by atoms with Gasteiger partial charge in [0.2, 0.25) is 0 Å². The van der Waals surface area contributed by atoms with Crippen LogP contribution in [-0.2, 0) is 4.79 Å². The van der Waals surface area contributed by atoms with Crippen LogP contribution in [0.4, 0.5) is 5.82 Å². The summed E-state index contributed by atoms with van der Waals surface area (Å²) in [7, 11) is 0. The minimum Gasteiger partial charge on any atom is -0.380 e. The van der Waals surface area contributed by atoms with Crippen LogP contribution in [0, 0.1) is 0 Å². The third-order valence-corrected chi connectivity index (χ3v) is 3.31. The van der Waals surface area contributed by atoms with Crippen molar-refractivity contribution in [2.75, 3.05) is 5.32 Å². The van der Waals surface area contributed by atoms with Gasteiger partial charge >= 0.3 is 0 Å². The number of aromatic nitrogens is 3. The van der Waals surface area contributed by atoms with Crippen molar-refractivity contribution in [3.05, 3.63) is 35.6 Å². The van der Waals surface area contributed by atoms with Crippen molar-refractivity contribution in [3.63, 3.8) is 0 Å². The quantitative estimate of drug-likeness (QED) is 0.889. The highest BCUT2D eigenvalue weighted by atomic mass is 35.5. The van der Waals surface area contributed by atoms with Gasteiger partial charge in [0.1, 0.15) is 5.60 Å². The molecule has 0 bridgehead atoms. The molecule has 2 heterocycles. The number of rotatable bonds is 5. The summed E-state index contributed by atoms with van der Waals surface area (Å²) in [5.41, 5.74) is -1.42. The van der Waals surface area contributed by atoms with E-state index in [1.54, 1.807) is 30.6 Å². The van der Waals surface area contributed by atoms with Crippen molar-refractivity contribution >= 4 is 23.3 Å². The molecule has 2 aromatic heterocycles. The van der Waals surface area contributed by atoms with Gasteiger partial charge < -0.3 is 10.4 Å². The van der Waals surface area contributed by atoms with E-state index in [2.05, 4.69) is 15.4 Å². The summed E-state index contributed by atoms with van der Waals surface area (Å²) in [6.07, 6.45) is 4.33. The molecule has 0 saturated heterocycles. The Hall–Kier alpha value is -1.92. The lowest BCUT2D eigenvalue weighted by atomic mass is 10.00. The fraction of sp³-hybridized carbons (Fsp3) is 0.357. The molecule has 0 aliphatic rings. The van der Waals surface area contributed by atoms with Gasteiger partial charge in [0.25, 0.3) is 5.91 Å². The molecule has 7 heteroatoms. The molecule has 0 aliphatic carbocycles. The lowest BCUT2D eigenvalue weighted by Crippen LogP contribution is -2.39. The second kappa shape index (κ2) is 6.24. The minimum atomic E-state index is -1.42. The number of aliphatic hydroxyl groups is 1. The fourth-order valence-electron chi connectivity index (χ4n) is 1.91. The van der Waals surface area contributed by atoms with Gasteiger partial charge in [-0.15, -0.1) is 5.10 Å². The van der Waals surface area contributed by atoms with Crippen LogP contribution < -0.4 is 5.32 Å². The van der Waals surface area contributed by atoms with E-state index < -0.39 is 11.5 Å². The summed E-state index contributed by atoms with van der Waals surface area (Å²) >= 11 is 6.04. The number of amides is 1. The zero-order valence-corrected chi connectivity index (χ0v) is 12.6. The van der Waals surface area contributed by atoms with E-state index in [0.717, 1.165) is 0 Å². The van der Waals surface area contributed by atoms with E-state index in [1.165, 1.54) is 11.6 Å². The molecule has 6 nitrogen and oxygen atoms in total. The van der Waals surface area contributed by atoms with Crippen LogP contribution in [0.3, 0.4) is 0 Å². The predicted octanol–water partition coefficient (Wildman–Crippen LogP) is 2.41. The summed E-state index contributed by atoms with van der Waals surface area (Å²) in [5.74, 6) is 0.319. The topological polar surface area (TPSA) is 80.0 Å². The van der Waals surface area contributed by atoms with Gasteiger partial charge in [-0.05, 0) is 25.5 Å². The van der Waals surface area contributed by atoms with Crippen LogP contribution in [0.25, 0.3) is 5.82 Å². The summed E-state index contributed by atoms with van der Waals surface area (Å²) in [4.78, 5) is 16.1. The van der Waals surface area contributed by atoms with Gasteiger partial charge in [0.15, 0.2) is 11.6 Å². The number of hydrogen-bond acceptors (Lipinski definition) is 4. The number of halogens is 1. The van der Waals surface area contributed by atoms with Crippen LogP contribution in [0.1, 0.15) is 26.7 Å². The van der Waals surface area contributed by atoms with Gasteiger partial charge in [0.05, 0.1) is 5.02 Å². The maximum Gasteiger partial charge on any atom is 0.257 e. The van der Waals surface area contributed by atoms with Gasteiger partial charge in [0, 0.05) is 18.5 Å². The van der Waals surface area contributed by atoms with E-state index in [0.29, 0.717) is 29.5 Å². The SMILES string of the molecule is CCCC(C)(O)C(=O)Nc1ccn(-c2ncccc2Cl)n1. The van der Waals surface area contributed by atoms with E-state index in [-0.39, 0.29) is 0 Å². The van der Waals surface area contributed by atoms with E-state index in [9.17, 15) is 9.90 Å². The molecule has 0 saturated carbocycles. The highest BCUT2D eigenvalue weighted by molar-refractivity contribution is 6.32. The molecule has 1 amide bonds. The van der Waals surface area contributed by atoms with Gasteiger partial charge in [-0.25, -0.2) is 9.67 Å². The number of hydrogen-bond donors (Lipinski definition) is 2. The van der Waals surface area contributed by atoms with Gasteiger partial charge in [-0.2, -0.15) is 0 Å². The molecule has 0 aromatic carbocycles. The molecular weight excluding hydrogens is 292 g/mol. The van der Waals surface area contributed by atoms with Gasteiger partial charge in [-0.1, -0.05) is 24.9 Å². The Labute approximate surface area is 127 Å². The van der Waals surface area contributed by atoms with Crippen LogP contribution in [0.15, 0.2) is 30.6 Å². The Bertz CT molecular complexity index is 639. The summed E-state index contributed by atoms with van der Waals surface area (Å²) in [6.45, 7) is 3.39. The molecule has 2 rings (SSSR count). The number of nitrogens with one attached hydrogen (secondary N) is 1. The number of nitrogens with zero attached hydrogens (tertiary/aromatic N) is 3. The van der Waals surface area contributed by atoms with Crippen molar-refractivity contribution in [2.45, 2.75) is 32.3 Å². The molecule has 0 aliphatic heterocycles. The van der Waals surface area contributed by atoms with Crippen LogP contribution in [-0.4, -0.2) is 31.4 Å². The Morgan fingerprint density at radius 1 is 1.52 bits per heavy atom. The van der Waals surface area contributed by atoms with Crippen LogP contribution >= 0.6 is 11.6 Å². The summed E-state index contributed by atoms with van der Waals surface area (Å²) < 4.78 is 1.46. The Kier molecular flexibility index (Phi) is 4.59. The third-order valence-electron chi connectivity index (χ3n) is 3.01. The van der Waals surface area contributed by atoms with E-state index in [1.807, 2.05) is 6.92 Å². The summed E-state index contributed by atoms with van der Waals surface area (Å²) in [6, 6.07) is 5.04. The maximum atomic E-state index is 12.0. The third kappa shape index (κ3) is 3.59. The lowest BCUT2D eigenvalue weighted by Gasteiger charge is -2.20. The Morgan fingerprint density at radius 2 is 2.29 bits per heavy atom. The van der Waals surface area contributed by atoms with Gasteiger partial charge in [-0.3, -0.25) is 4.79 Å². The average molecular weight is 309 g/mol. The van der Waals surface area contributed by atoms with E-state index in [4.69, 9.17) is 11.6 Å². The average Bonchev–Trinajstić information content (AvgIpc) is 2.87. The number of anilines is 1. The molecule has 2 N–H and O–H groups in total. The second-order valence-corrected chi connectivity index (χ2v) is 5.34. The van der Waals surface area contributed by atoms with Crippen molar-refractivity contribution in [1.82, 2.24) is 14.8 Å². The molecule has 0 spiro atoms. The lowest BCUT2D eigenvalue weighted by molar-refractivity contribution is -0.133. The molecule has 2 aromatic rings. The highest BCUT2D eigenvalue weighted by Crippen LogP contribution is 2.19. The second-order valence-electron chi connectivity index (χ2n) is 4.93. The first-order valence-corrected chi connectivity index (χ1v) is 7.02. The summed E-state index contributed by atoms with van der Waals surface area (Å²) in [5, 5.41) is 17.3. The first-order valence-electron chi connectivity index (χ1n) is 6.64. The van der Waals surface area contributed by atoms with Crippen molar-refractivity contribution in [2.24, 2.45) is 0 Å². The standard InChI is InChI=1S/C14H17ClN4O2/c1-3-7-14(2,21)13(20)17-11-6-9-19(18-11)12-10(15)5-4-8-16-12/h4-6,8-9,21H,3,7H2,1-2H3,(H,17,18,20). The maximum absolute atomic E-state index is 12.0. The zero-order chi connectivity index (χ0) is 15.5. The molecule has 1 atom stereocenters. The molecular formula is C14H17ClN4O2. The predicted molar refractivity (Wildman–Crippen MR) is 80.5 cm³/mol. The molecule has 0 fully saturated rings. The Morgan fingerprint density at radius 3 is 2.95 bits per heavy atom. The minimum absolute atomic E-state index is 0.332.